The Labute approximate surface area is 102 Å². The van der Waals surface area contributed by atoms with Crippen molar-refractivity contribution in [3.8, 4) is 0 Å². The number of rotatable bonds is 4. The van der Waals surface area contributed by atoms with Crippen LogP contribution >= 0.6 is 0 Å². The van der Waals surface area contributed by atoms with E-state index in [-0.39, 0.29) is 11.8 Å². The second kappa shape index (κ2) is 5.32. The molecule has 0 fully saturated rings. The summed E-state index contributed by atoms with van der Waals surface area (Å²) in [7, 11) is 0. The molecule has 1 aromatic carbocycles. The number of hydrogen-bond acceptors (Lipinski definition) is 2. The fourth-order valence-electron chi connectivity index (χ4n) is 1.69. The van der Waals surface area contributed by atoms with Crippen LogP contribution in [0.25, 0.3) is 0 Å². The van der Waals surface area contributed by atoms with Crippen molar-refractivity contribution in [2.75, 3.05) is 0 Å². The molecule has 1 rings (SSSR count). The minimum absolute atomic E-state index is 0.109. The number of aliphatic hydroxyl groups excluding tert-OH is 1. The highest BCUT2D eigenvalue weighted by molar-refractivity contribution is 5.67. The van der Waals surface area contributed by atoms with Crippen LogP contribution in [0.2, 0.25) is 0 Å². The molecule has 0 heterocycles. The Kier molecular flexibility index (Phi) is 4.29. The summed E-state index contributed by atoms with van der Waals surface area (Å²) in [4.78, 5) is 10.4. The van der Waals surface area contributed by atoms with Gasteiger partial charge < -0.3 is 10.2 Å². The summed E-state index contributed by atoms with van der Waals surface area (Å²) in [5.74, 6) is -0.969. The van der Waals surface area contributed by atoms with E-state index in [9.17, 15) is 9.90 Å². The monoisotopic (exact) mass is 236 g/mol. The Morgan fingerprint density at radius 1 is 1.24 bits per heavy atom. The minimum atomic E-state index is -0.969. The Morgan fingerprint density at radius 3 is 2.18 bits per heavy atom. The van der Waals surface area contributed by atoms with Gasteiger partial charge in [-0.15, -0.1) is 0 Å². The molecule has 0 amide bonds. The molecule has 0 aromatic heterocycles. The average Bonchev–Trinajstić information content (AvgIpc) is 2.15. The third-order valence-electron chi connectivity index (χ3n) is 2.70. The van der Waals surface area contributed by atoms with E-state index in [2.05, 4.69) is 20.8 Å². The first-order chi connectivity index (χ1) is 7.79. The van der Waals surface area contributed by atoms with E-state index in [1.807, 2.05) is 24.3 Å². The molecule has 94 valence electrons. The summed E-state index contributed by atoms with van der Waals surface area (Å²) in [5.41, 5.74) is 2.30. The minimum Gasteiger partial charge on any atom is -0.481 e. The topological polar surface area (TPSA) is 57.5 Å². The summed E-state index contributed by atoms with van der Waals surface area (Å²) in [6.45, 7) is 6.42. The summed E-state index contributed by atoms with van der Waals surface area (Å²) < 4.78 is 0. The Bertz CT molecular complexity index is 373. The molecule has 0 saturated heterocycles. The van der Waals surface area contributed by atoms with Crippen molar-refractivity contribution in [2.45, 2.75) is 45.1 Å². The zero-order chi connectivity index (χ0) is 13.1. The lowest BCUT2D eigenvalue weighted by Gasteiger charge is -2.19. The Balaban J connectivity index is 2.66. The van der Waals surface area contributed by atoms with Gasteiger partial charge in [-0.2, -0.15) is 0 Å². The van der Waals surface area contributed by atoms with Crippen molar-refractivity contribution >= 4 is 5.97 Å². The smallest absolute Gasteiger partial charge is 0.305 e. The van der Waals surface area contributed by atoms with Crippen LogP contribution in [0.15, 0.2) is 24.3 Å². The summed E-state index contributed by atoms with van der Waals surface area (Å²) in [6, 6.07) is 7.96. The standard InChI is InChI=1S/C14H20O3/c1-14(2,3)11-6-4-10(5-7-11)8-12(15)9-13(16)17/h4-7,12,15H,8-9H2,1-3H3,(H,16,17)/t12-/m1/s1. The van der Waals surface area contributed by atoms with Crippen LogP contribution in [0.3, 0.4) is 0 Å². The first-order valence-electron chi connectivity index (χ1n) is 5.78. The Morgan fingerprint density at radius 2 is 1.76 bits per heavy atom. The highest BCUT2D eigenvalue weighted by atomic mass is 16.4. The predicted octanol–water partition coefficient (Wildman–Crippen LogP) is 2.36. The maximum Gasteiger partial charge on any atom is 0.305 e. The van der Waals surface area contributed by atoms with Gasteiger partial charge in [0.05, 0.1) is 12.5 Å². The van der Waals surface area contributed by atoms with Crippen molar-refractivity contribution in [1.29, 1.82) is 0 Å². The SMILES string of the molecule is CC(C)(C)c1ccc(C[C@@H](O)CC(=O)O)cc1. The molecule has 1 atom stereocenters. The van der Waals surface area contributed by atoms with Gasteiger partial charge in [0, 0.05) is 0 Å². The molecule has 0 unspecified atom stereocenters. The highest BCUT2D eigenvalue weighted by Gasteiger charge is 2.14. The van der Waals surface area contributed by atoms with Gasteiger partial charge in [-0.05, 0) is 23.0 Å². The maximum absolute atomic E-state index is 10.4. The highest BCUT2D eigenvalue weighted by Crippen LogP contribution is 2.22. The molecular formula is C14H20O3. The van der Waals surface area contributed by atoms with Crippen LogP contribution in [0.4, 0.5) is 0 Å². The zero-order valence-corrected chi connectivity index (χ0v) is 10.6. The van der Waals surface area contributed by atoms with Crippen molar-refractivity contribution < 1.29 is 15.0 Å². The molecule has 0 aliphatic rings. The van der Waals surface area contributed by atoms with Gasteiger partial charge in [-0.25, -0.2) is 0 Å². The van der Waals surface area contributed by atoms with Crippen LogP contribution in [0, 0.1) is 0 Å². The van der Waals surface area contributed by atoms with Crippen molar-refractivity contribution in [1.82, 2.24) is 0 Å². The molecule has 3 heteroatoms. The first kappa shape index (κ1) is 13.7. The molecule has 2 N–H and O–H groups in total. The number of hydrogen-bond donors (Lipinski definition) is 2. The second-order valence-corrected chi connectivity index (χ2v) is 5.40. The zero-order valence-electron chi connectivity index (χ0n) is 10.6. The maximum atomic E-state index is 10.4. The number of carboxylic acids is 1. The third kappa shape index (κ3) is 4.57. The molecule has 0 radical (unpaired) electrons. The van der Waals surface area contributed by atoms with Gasteiger partial charge in [-0.3, -0.25) is 4.79 Å². The molecule has 17 heavy (non-hydrogen) atoms. The van der Waals surface area contributed by atoms with Gasteiger partial charge in [0.25, 0.3) is 0 Å². The lowest BCUT2D eigenvalue weighted by molar-refractivity contribution is -0.139. The van der Waals surface area contributed by atoms with E-state index in [4.69, 9.17) is 5.11 Å². The molecule has 1 aromatic rings. The fourth-order valence-corrected chi connectivity index (χ4v) is 1.69. The predicted molar refractivity (Wildman–Crippen MR) is 67.1 cm³/mol. The van der Waals surface area contributed by atoms with Crippen LogP contribution in [-0.2, 0) is 16.6 Å². The number of carbonyl (C=O) groups is 1. The van der Waals surface area contributed by atoms with Gasteiger partial charge >= 0.3 is 5.97 Å². The third-order valence-corrected chi connectivity index (χ3v) is 2.70. The van der Waals surface area contributed by atoms with E-state index in [1.54, 1.807) is 0 Å². The fraction of sp³-hybridized carbons (Fsp3) is 0.500. The number of aliphatic carboxylic acids is 1. The molecule has 0 aliphatic carbocycles. The van der Waals surface area contributed by atoms with E-state index < -0.39 is 12.1 Å². The van der Waals surface area contributed by atoms with Crippen molar-refractivity contribution in [3.05, 3.63) is 35.4 Å². The molecular weight excluding hydrogens is 216 g/mol. The molecule has 0 bridgehead atoms. The number of aliphatic hydroxyl groups is 1. The van der Waals surface area contributed by atoms with E-state index in [1.165, 1.54) is 5.56 Å². The van der Waals surface area contributed by atoms with Crippen LogP contribution in [-0.4, -0.2) is 22.3 Å². The van der Waals surface area contributed by atoms with E-state index in [0.29, 0.717) is 6.42 Å². The van der Waals surface area contributed by atoms with Gasteiger partial charge in [0.1, 0.15) is 0 Å². The van der Waals surface area contributed by atoms with Crippen molar-refractivity contribution in [2.24, 2.45) is 0 Å². The van der Waals surface area contributed by atoms with Crippen molar-refractivity contribution in [3.63, 3.8) is 0 Å². The van der Waals surface area contributed by atoms with Crippen LogP contribution in [0.5, 0.6) is 0 Å². The summed E-state index contributed by atoms with van der Waals surface area (Å²) in [6.07, 6.45) is -0.634. The van der Waals surface area contributed by atoms with E-state index >= 15 is 0 Å². The number of carboxylic acid groups (broad SMARTS) is 1. The Hall–Kier alpha value is -1.35. The van der Waals surface area contributed by atoms with Gasteiger partial charge in [-0.1, -0.05) is 45.0 Å². The largest absolute Gasteiger partial charge is 0.481 e. The molecule has 3 nitrogen and oxygen atoms in total. The molecule has 0 saturated carbocycles. The molecule has 0 spiro atoms. The van der Waals surface area contributed by atoms with Gasteiger partial charge in [0.2, 0.25) is 0 Å². The quantitative estimate of drug-likeness (QED) is 0.843. The van der Waals surface area contributed by atoms with Gasteiger partial charge in [0.15, 0.2) is 0 Å². The molecule has 0 aliphatic heterocycles. The second-order valence-electron chi connectivity index (χ2n) is 5.40. The van der Waals surface area contributed by atoms with E-state index in [0.717, 1.165) is 5.56 Å². The van der Waals surface area contributed by atoms with Crippen LogP contribution < -0.4 is 0 Å². The summed E-state index contributed by atoms with van der Waals surface area (Å²) >= 11 is 0. The lowest BCUT2D eigenvalue weighted by atomic mass is 9.86. The first-order valence-corrected chi connectivity index (χ1v) is 5.78. The average molecular weight is 236 g/mol. The van der Waals surface area contributed by atoms with Crippen LogP contribution in [0.1, 0.15) is 38.3 Å². The number of benzene rings is 1. The lowest BCUT2D eigenvalue weighted by Crippen LogP contribution is -2.16. The summed E-state index contributed by atoms with van der Waals surface area (Å²) in [5, 5.41) is 18.1. The normalized spacial score (nSPS) is 13.4.